The number of hydrogen-bond donors (Lipinski definition) is 3. The SMILES string of the molecule is CCC(O)CCNC(=O)[C@H](C)N. The van der Waals surface area contributed by atoms with Crippen molar-refractivity contribution in [3.05, 3.63) is 0 Å². The van der Waals surface area contributed by atoms with Gasteiger partial charge in [0.25, 0.3) is 0 Å². The highest BCUT2D eigenvalue weighted by molar-refractivity contribution is 5.80. The average molecular weight is 174 g/mol. The van der Waals surface area contributed by atoms with Gasteiger partial charge in [0.05, 0.1) is 12.1 Å². The number of aliphatic hydroxyl groups excluding tert-OH is 1. The van der Waals surface area contributed by atoms with Crippen LogP contribution in [0.4, 0.5) is 0 Å². The molecular weight excluding hydrogens is 156 g/mol. The predicted octanol–water partition coefficient (Wildman–Crippen LogP) is -0.389. The second-order valence-corrected chi connectivity index (χ2v) is 2.93. The van der Waals surface area contributed by atoms with Crippen LogP contribution in [0.15, 0.2) is 0 Å². The summed E-state index contributed by atoms with van der Waals surface area (Å²) in [5, 5.41) is 11.8. The van der Waals surface area contributed by atoms with E-state index in [4.69, 9.17) is 10.8 Å². The summed E-state index contributed by atoms with van der Waals surface area (Å²) >= 11 is 0. The molecule has 1 unspecified atom stereocenters. The lowest BCUT2D eigenvalue weighted by Crippen LogP contribution is -2.39. The number of carbonyl (C=O) groups excluding carboxylic acids is 1. The van der Waals surface area contributed by atoms with E-state index in [-0.39, 0.29) is 12.0 Å². The fraction of sp³-hybridized carbons (Fsp3) is 0.875. The van der Waals surface area contributed by atoms with E-state index in [1.165, 1.54) is 0 Å². The number of hydrogen-bond acceptors (Lipinski definition) is 3. The van der Waals surface area contributed by atoms with Crippen LogP contribution >= 0.6 is 0 Å². The van der Waals surface area contributed by atoms with Crippen LogP contribution in [-0.2, 0) is 4.79 Å². The normalized spacial score (nSPS) is 15.3. The van der Waals surface area contributed by atoms with E-state index in [0.29, 0.717) is 19.4 Å². The van der Waals surface area contributed by atoms with E-state index >= 15 is 0 Å². The Hall–Kier alpha value is -0.610. The topological polar surface area (TPSA) is 75.3 Å². The van der Waals surface area contributed by atoms with Gasteiger partial charge in [-0.05, 0) is 19.8 Å². The summed E-state index contributed by atoms with van der Waals surface area (Å²) in [7, 11) is 0. The maximum absolute atomic E-state index is 10.9. The molecule has 0 aliphatic heterocycles. The van der Waals surface area contributed by atoms with Gasteiger partial charge in [0, 0.05) is 6.54 Å². The van der Waals surface area contributed by atoms with Crippen LogP contribution in [0.1, 0.15) is 26.7 Å². The number of rotatable bonds is 5. The third kappa shape index (κ3) is 5.09. The maximum atomic E-state index is 10.9. The minimum Gasteiger partial charge on any atom is -0.393 e. The smallest absolute Gasteiger partial charge is 0.236 e. The lowest BCUT2D eigenvalue weighted by molar-refractivity contribution is -0.122. The van der Waals surface area contributed by atoms with Gasteiger partial charge in [-0.15, -0.1) is 0 Å². The third-order valence-electron chi connectivity index (χ3n) is 1.66. The molecule has 0 aliphatic rings. The Labute approximate surface area is 73.1 Å². The number of amides is 1. The molecule has 0 aromatic heterocycles. The summed E-state index contributed by atoms with van der Waals surface area (Å²) < 4.78 is 0. The molecule has 0 radical (unpaired) electrons. The molecule has 0 spiro atoms. The summed E-state index contributed by atoms with van der Waals surface area (Å²) in [6, 6.07) is -0.469. The molecule has 2 atom stereocenters. The largest absolute Gasteiger partial charge is 0.393 e. The zero-order valence-electron chi connectivity index (χ0n) is 7.71. The molecule has 0 rings (SSSR count). The van der Waals surface area contributed by atoms with Crippen molar-refractivity contribution in [3.63, 3.8) is 0 Å². The molecule has 0 heterocycles. The Morgan fingerprint density at radius 3 is 2.67 bits per heavy atom. The summed E-state index contributed by atoms with van der Waals surface area (Å²) in [6.07, 6.45) is 0.988. The zero-order valence-corrected chi connectivity index (χ0v) is 7.71. The van der Waals surface area contributed by atoms with Crippen molar-refractivity contribution in [1.29, 1.82) is 0 Å². The highest BCUT2D eigenvalue weighted by Gasteiger charge is 2.06. The number of nitrogens with one attached hydrogen (secondary N) is 1. The van der Waals surface area contributed by atoms with Crippen molar-refractivity contribution in [3.8, 4) is 0 Å². The van der Waals surface area contributed by atoms with Crippen LogP contribution in [-0.4, -0.2) is 29.7 Å². The van der Waals surface area contributed by atoms with Gasteiger partial charge in [-0.3, -0.25) is 4.79 Å². The molecule has 0 aromatic rings. The van der Waals surface area contributed by atoms with Gasteiger partial charge >= 0.3 is 0 Å². The summed E-state index contributed by atoms with van der Waals surface area (Å²) in [5.41, 5.74) is 5.31. The molecule has 4 heteroatoms. The number of aliphatic hydroxyl groups is 1. The molecule has 4 N–H and O–H groups in total. The van der Waals surface area contributed by atoms with Crippen molar-refractivity contribution in [2.45, 2.75) is 38.8 Å². The van der Waals surface area contributed by atoms with E-state index in [9.17, 15) is 4.79 Å². The van der Waals surface area contributed by atoms with Crippen LogP contribution in [0.3, 0.4) is 0 Å². The maximum Gasteiger partial charge on any atom is 0.236 e. The first-order valence-corrected chi connectivity index (χ1v) is 4.29. The predicted molar refractivity (Wildman–Crippen MR) is 47.6 cm³/mol. The third-order valence-corrected chi connectivity index (χ3v) is 1.66. The summed E-state index contributed by atoms with van der Waals surface area (Å²) in [6.45, 7) is 4.03. The minimum absolute atomic E-state index is 0.168. The van der Waals surface area contributed by atoms with Gasteiger partial charge in [0.1, 0.15) is 0 Å². The molecule has 0 aromatic carbocycles. The van der Waals surface area contributed by atoms with E-state index < -0.39 is 6.04 Å². The summed E-state index contributed by atoms with van der Waals surface area (Å²) in [4.78, 5) is 10.9. The van der Waals surface area contributed by atoms with Crippen LogP contribution in [0, 0.1) is 0 Å². The van der Waals surface area contributed by atoms with Crippen LogP contribution in [0.5, 0.6) is 0 Å². The van der Waals surface area contributed by atoms with Crippen molar-refractivity contribution >= 4 is 5.91 Å². The standard InChI is InChI=1S/C8H18N2O2/c1-3-7(11)4-5-10-8(12)6(2)9/h6-7,11H,3-5,9H2,1-2H3,(H,10,12)/t6-,7?/m0/s1. The lowest BCUT2D eigenvalue weighted by atomic mass is 10.2. The van der Waals surface area contributed by atoms with Crippen molar-refractivity contribution in [1.82, 2.24) is 5.32 Å². The second kappa shape index (κ2) is 5.97. The summed E-state index contributed by atoms with van der Waals surface area (Å²) in [5.74, 6) is -0.168. The average Bonchev–Trinajstić information content (AvgIpc) is 2.03. The molecule has 4 nitrogen and oxygen atoms in total. The van der Waals surface area contributed by atoms with Gasteiger partial charge in [-0.2, -0.15) is 0 Å². The molecule has 1 amide bonds. The van der Waals surface area contributed by atoms with Crippen LogP contribution in [0.25, 0.3) is 0 Å². The number of carbonyl (C=O) groups is 1. The quantitative estimate of drug-likeness (QED) is 0.531. The van der Waals surface area contributed by atoms with Crippen molar-refractivity contribution in [2.24, 2.45) is 5.73 Å². The minimum atomic E-state index is -0.469. The van der Waals surface area contributed by atoms with Gasteiger partial charge in [0.2, 0.25) is 5.91 Å². The first-order chi connectivity index (χ1) is 5.57. The monoisotopic (exact) mass is 174 g/mol. The van der Waals surface area contributed by atoms with Crippen LogP contribution in [0.2, 0.25) is 0 Å². The molecule has 12 heavy (non-hydrogen) atoms. The van der Waals surface area contributed by atoms with Gasteiger partial charge in [0.15, 0.2) is 0 Å². The number of nitrogens with two attached hydrogens (primary N) is 1. The molecule has 0 bridgehead atoms. The molecular formula is C8H18N2O2. The fourth-order valence-corrected chi connectivity index (χ4v) is 0.727. The Kier molecular flexibility index (Phi) is 5.66. The highest BCUT2D eigenvalue weighted by Crippen LogP contribution is 1.94. The Morgan fingerprint density at radius 2 is 2.25 bits per heavy atom. The van der Waals surface area contributed by atoms with E-state index in [0.717, 1.165) is 0 Å². The molecule has 0 fully saturated rings. The first-order valence-electron chi connectivity index (χ1n) is 4.29. The molecule has 72 valence electrons. The van der Waals surface area contributed by atoms with Crippen molar-refractivity contribution < 1.29 is 9.90 Å². The first kappa shape index (κ1) is 11.4. The lowest BCUT2D eigenvalue weighted by Gasteiger charge is -2.10. The second-order valence-electron chi connectivity index (χ2n) is 2.93. The molecule has 0 aliphatic carbocycles. The van der Waals surface area contributed by atoms with Crippen LogP contribution < -0.4 is 11.1 Å². The Bertz CT molecular complexity index is 137. The Balaban J connectivity index is 3.37. The molecule has 0 saturated carbocycles. The highest BCUT2D eigenvalue weighted by atomic mass is 16.3. The van der Waals surface area contributed by atoms with Crippen molar-refractivity contribution in [2.75, 3.05) is 6.54 Å². The molecule has 0 saturated heterocycles. The van der Waals surface area contributed by atoms with E-state index in [1.54, 1.807) is 6.92 Å². The Morgan fingerprint density at radius 1 is 1.67 bits per heavy atom. The van der Waals surface area contributed by atoms with Gasteiger partial charge in [-0.25, -0.2) is 0 Å². The van der Waals surface area contributed by atoms with E-state index in [2.05, 4.69) is 5.32 Å². The van der Waals surface area contributed by atoms with E-state index in [1.807, 2.05) is 6.92 Å². The zero-order chi connectivity index (χ0) is 9.56. The van der Waals surface area contributed by atoms with Gasteiger partial charge in [-0.1, -0.05) is 6.92 Å². The van der Waals surface area contributed by atoms with Gasteiger partial charge < -0.3 is 16.2 Å². The fourth-order valence-electron chi connectivity index (χ4n) is 0.727.